The summed E-state index contributed by atoms with van der Waals surface area (Å²) in [4.78, 5) is 4.94. The smallest absolute Gasteiger partial charge is 0.0678 e. The maximum atomic E-state index is 5.84. The molecule has 134 valence electrons. The molecule has 3 rings (SSSR count). The Labute approximate surface area is 147 Å². The van der Waals surface area contributed by atoms with Crippen LogP contribution in [0.15, 0.2) is 24.3 Å². The van der Waals surface area contributed by atoms with Gasteiger partial charge in [0.25, 0.3) is 0 Å². The fraction of sp³-hybridized carbons (Fsp3) is 0.700. The Morgan fingerprint density at radius 1 is 1.12 bits per heavy atom. The van der Waals surface area contributed by atoms with Crippen molar-refractivity contribution in [2.24, 2.45) is 5.92 Å². The molecule has 0 radical (unpaired) electrons. The van der Waals surface area contributed by atoms with Crippen molar-refractivity contribution in [3.05, 3.63) is 29.8 Å². The maximum absolute atomic E-state index is 5.84. The predicted molar refractivity (Wildman–Crippen MR) is 100 cm³/mol. The van der Waals surface area contributed by atoms with Crippen molar-refractivity contribution < 1.29 is 4.74 Å². The van der Waals surface area contributed by atoms with Crippen molar-refractivity contribution in [2.45, 2.75) is 52.0 Å². The largest absolute Gasteiger partial charge is 0.382 e. The highest BCUT2D eigenvalue weighted by Crippen LogP contribution is 2.22. The molecular formula is C20H33N3O. The van der Waals surface area contributed by atoms with E-state index in [0.29, 0.717) is 24.2 Å². The first-order valence-electron chi connectivity index (χ1n) is 9.41. The summed E-state index contributed by atoms with van der Waals surface area (Å²) < 4.78 is 5.84. The van der Waals surface area contributed by atoms with E-state index in [4.69, 9.17) is 4.74 Å². The lowest BCUT2D eigenvalue weighted by Crippen LogP contribution is -2.44. The minimum Gasteiger partial charge on any atom is -0.382 e. The number of hydrogen-bond donors (Lipinski definition) is 1. The lowest BCUT2D eigenvalue weighted by molar-refractivity contribution is -0.0704. The van der Waals surface area contributed by atoms with Crippen LogP contribution >= 0.6 is 0 Å². The molecule has 2 fully saturated rings. The second-order valence-corrected chi connectivity index (χ2v) is 7.93. The summed E-state index contributed by atoms with van der Waals surface area (Å²) in [5.74, 6) is 0.688. The van der Waals surface area contributed by atoms with Gasteiger partial charge in [0.2, 0.25) is 0 Å². The lowest BCUT2D eigenvalue weighted by atomic mass is 9.94. The van der Waals surface area contributed by atoms with Gasteiger partial charge < -0.3 is 15.0 Å². The second-order valence-electron chi connectivity index (χ2n) is 7.93. The zero-order chi connectivity index (χ0) is 17.1. The highest BCUT2D eigenvalue weighted by atomic mass is 16.5. The number of nitrogens with zero attached hydrogens (tertiary/aromatic N) is 2. The number of piperidine rings is 1. The quantitative estimate of drug-likeness (QED) is 0.918. The van der Waals surface area contributed by atoms with Gasteiger partial charge in [-0.3, -0.25) is 4.90 Å². The number of rotatable bonds is 4. The van der Waals surface area contributed by atoms with Gasteiger partial charge in [-0.05, 0) is 57.5 Å². The van der Waals surface area contributed by atoms with E-state index in [9.17, 15) is 0 Å². The molecular weight excluding hydrogens is 298 g/mol. The molecule has 24 heavy (non-hydrogen) atoms. The molecule has 2 aliphatic rings. The fourth-order valence-corrected chi connectivity index (χ4v) is 4.21. The fourth-order valence-electron chi connectivity index (χ4n) is 4.21. The van der Waals surface area contributed by atoms with Crippen molar-refractivity contribution in [1.82, 2.24) is 9.80 Å². The zero-order valence-corrected chi connectivity index (χ0v) is 15.7. The van der Waals surface area contributed by atoms with Gasteiger partial charge in [-0.15, -0.1) is 0 Å². The van der Waals surface area contributed by atoms with Crippen LogP contribution in [0.5, 0.6) is 0 Å². The number of hydrogen-bond acceptors (Lipinski definition) is 4. The summed E-state index contributed by atoms with van der Waals surface area (Å²) in [7, 11) is 2.22. The van der Waals surface area contributed by atoms with E-state index in [0.717, 1.165) is 19.6 Å². The second kappa shape index (κ2) is 7.85. The van der Waals surface area contributed by atoms with Crippen molar-refractivity contribution in [3.63, 3.8) is 0 Å². The summed E-state index contributed by atoms with van der Waals surface area (Å²) >= 11 is 0. The van der Waals surface area contributed by atoms with Gasteiger partial charge in [-0.2, -0.15) is 0 Å². The van der Waals surface area contributed by atoms with Crippen molar-refractivity contribution >= 4 is 5.69 Å². The molecule has 0 amide bonds. The molecule has 0 aromatic heterocycles. The van der Waals surface area contributed by atoms with Gasteiger partial charge in [0.1, 0.15) is 0 Å². The van der Waals surface area contributed by atoms with Gasteiger partial charge in [0.05, 0.1) is 12.2 Å². The number of anilines is 1. The molecule has 1 aromatic carbocycles. The lowest BCUT2D eigenvalue weighted by Gasteiger charge is -2.36. The molecule has 2 aliphatic heterocycles. The molecule has 4 heteroatoms. The van der Waals surface area contributed by atoms with E-state index in [1.165, 1.54) is 30.8 Å². The number of ether oxygens (including phenoxy) is 1. The number of benzene rings is 1. The third-order valence-electron chi connectivity index (χ3n) is 5.29. The molecule has 2 saturated heterocycles. The van der Waals surface area contributed by atoms with Crippen LogP contribution < -0.4 is 5.32 Å². The molecule has 4 nitrogen and oxygen atoms in total. The van der Waals surface area contributed by atoms with E-state index in [1.807, 2.05) is 0 Å². The molecule has 0 bridgehead atoms. The van der Waals surface area contributed by atoms with Gasteiger partial charge >= 0.3 is 0 Å². The minimum absolute atomic E-state index is 0.329. The summed E-state index contributed by atoms with van der Waals surface area (Å²) in [5.41, 5.74) is 2.66. The highest BCUT2D eigenvalue weighted by molar-refractivity contribution is 5.46. The Kier molecular flexibility index (Phi) is 5.80. The first-order valence-corrected chi connectivity index (χ1v) is 9.41. The SMILES string of the molecule is C[C@@H]1CN(Cc2cccc(N[C@@H]3CCN(C)C[C@@H]3C)c2)C[C@@H](C)O1. The van der Waals surface area contributed by atoms with Crippen molar-refractivity contribution in [1.29, 1.82) is 0 Å². The van der Waals surface area contributed by atoms with E-state index in [-0.39, 0.29) is 0 Å². The van der Waals surface area contributed by atoms with Crippen LogP contribution in [-0.2, 0) is 11.3 Å². The summed E-state index contributed by atoms with van der Waals surface area (Å²) in [6, 6.07) is 9.55. The Balaban J connectivity index is 1.60. The van der Waals surface area contributed by atoms with E-state index < -0.39 is 0 Å². The van der Waals surface area contributed by atoms with E-state index >= 15 is 0 Å². The van der Waals surface area contributed by atoms with Crippen LogP contribution in [0.1, 0.15) is 32.8 Å². The molecule has 0 unspecified atom stereocenters. The summed E-state index contributed by atoms with van der Waals surface area (Å²) in [5, 5.41) is 3.78. The molecule has 4 atom stereocenters. The topological polar surface area (TPSA) is 27.7 Å². The first-order chi connectivity index (χ1) is 11.5. The predicted octanol–water partition coefficient (Wildman–Crippen LogP) is 3.05. The molecule has 1 aromatic rings. The van der Waals surface area contributed by atoms with Gasteiger partial charge in [0.15, 0.2) is 0 Å². The molecule has 0 spiro atoms. The van der Waals surface area contributed by atoms with Crippen molar-refractivity contribution in [3.8, 4) is 0 Å². The highest BCUT2D eigenvalue weighted by Gasteiger charge is 2.24. The van der Waals surface area contributed by atoms with Crippen molar-refractivity contribution in [2.75, 3.05) is 38.5 Å². The van der Waals surface area contributed by atoms with E-state index in [2.05, 4.69) is 67.2 Å². The molecule has 1 N–H and O–H groups in total. The first kappa shape index (κ1) is 17.7. The average molecular weight is 332 g/mol. The summed E-state index contributed by atoms with van der Waals surface area (Å²) in [6.45, 7) is 12.1. The van der Waals surface area contributed by atoms with Gasteiger partial charge in [0, 0.05) is 37.9 Å². The Hall–Kier alpha value is -1.10. The Bertz CT molecular complexity index is 525. The standard InChI is InChI=1S/C20H33N3O/c1-15-11-22(4)9-8-20(15)21-19-7-5-6-18(10-19)14-23-12-16(2)24-17(3)13-23/h5-7,10,15-17,20-21H,8-9,11-14H2,1-4H3/t15-,16+,17+,20+/m0/s1. The molecule has 0 aliphatic carbocycles. The van der Waals surface area contributed by atoms with Gasteiger partial charge in [-0.25, -0.2) is 0 Å². The van der Waals surface area contributed by atoms with Crippen LogP contribution in [0, 0.1) is 5.92 Å². The van der Waals surface area contributed by atoms with E-state index in [1.54, 1.807) is 0 Å². The maximum Gasteiger partial charge on any atom is 0.0678 e. The minimum atomic E-state index is 0.329. The number of likely N-dealkylation sites (tertiary alicyclic amines) is 1. The zero-order valence-electron chi connectivity index (χ0n) is 15.7. The Morgan fingerprint density at radius 3 is 2.58 bits per heavy atom. The van der Waals surface area contributed by atoms with Crippen LogP contribution in [0.3, 0.4) is 0 Å². The molecule has 0 saturated carbocycles. The normalized spacial score (nSPS) is 32.7. The van der Waals surface area contributed by atoms with Crippen LogP contribution in [0.4, 0.5) is 5.69 Å². The van der Waals surface area contributed by atoms with Gasteiger partial charge in [-0.1, -0.05) is 19.1 Å². The van der Waals surface area contributed by atoms with Crippen LogP contribution in [0.25, 0.3) is 0 Å². The third kappa shape index (κ3) is 4.71. The average Bonchev–Trinajstić information content (AvgIpc) is 2.49. The third-order valence-corrected chi connectivity index (χ3v) is 5.29. The van der Waals surface area contributed by atoms with Crippen LogP contribution in [-0.4, -0.2) is 61.3 Å². The number of nitrogens with one attached hydrogen (secondary N) is 1. The Morgan fingerprint density at radius 2 is 1.88 bits per heavy atom. The number of morpholine rings is 1. The van der Waals surface area contributed by atoms with Crippen LogP contribution in [0.2, 0.25) is 0 Å². The summed E-state index contributed by atoms with van der Waals surface area (Å²) in [6.07, 6.45) is 1.88. The molecule has 2 heterocycles. The monoisotopic (exact) mass is 331 g/mol.